The van der Waals surface area contributed by atoms with E-state index in [1.807, 2.05) is 6.92 Å². The Balaban J connectivity index is 1.39. The van der Waals surface area contributed by atoms with Gasteiger partial charge in [0, 0.05) is 18.6 Å². The zero-order valence-electron chi connectivity index (χ0n) is 15.9. The van der Waals surface area contributed by atoms with Gasteiger partial charge in [-0.3, -0.25) is 9.69 Å². The number of aliphatic carboxylic acids is 1. The van der Waals surface area contributed by atoms with Gasteiger partial charge in [-0.2, -0.15) is 0 Å². The molecule has 0 radical (unpaired) electrons. The minimum absolute atomic E-state index is 0.352. The van der Waals surface area contributed by atoms with Crippen LogP contribution in [0.4, 0.5) is 0 Å². The summed E-state index contributed by atoms with van der Waals surface area (Å²) in [6.07, 6.45) is 5.27. The molecule has 0 amide bonds. The summed E-state index contributed by atoms with van der Waals surface area (Å²) in [6, 6.07) is 11.4. The quantitative estimate of drug-likeness (QED) is 0.784. The van der Waals surface area contributed by atoms with Crippen LogP contribution in [0, 0.1) is 0 Å². The third-order valence-electron chi connectivity index (χ3n) is 6.00. The Morgan fingerprint density at radius 3 is 2.35 bits per heavy atom. The molecule has 1 aromatic carbocycles. The second-order valence-electron chi connectivity index (χ2n) is 7.77. The van der Waals surface area contributed by atoms with E-state index in [4.69, 9.17) is 0 Å². The van der Waals surface area contributed by atoms with Crippen molar-refractivity contribution in [2.75, 3.05) is 26.2 Å². The molecule has 2 heterocycles. The van der Waals surface area contributed by atoms with Gasteiger partial charge in [-0.1, -0.05) is 37.3 Å². The Hall–Kier alpha value is -1.43. The number of carboxylic acids is 1. The predicted octanol–water partition coefficient (Wildman–Crippen LogP) is 2.57. The molecule has 2 fully saturated rings. The van der Waals surface area contributed by atoms with Gasteiger partial charge in [0.1, 0.15) is 6.04 Å². The summed E-state index contributed by atoms with van der Waals surface area (Å²) in [5.41, 5.74) is 1.40. The Labute approximate surface area is 157 Å². The van der Waals surface area contributed by atoms with Gasteiger partial charge >= 0.3 is 5.97 Å². The zero-order valence-corrected chi connectivity index (χ0v) is 15.9. The average molecular weight is 360 g/mol. The highest BCUT2D eigenvalue weighted by Gasteiger charge is 2.29. The minimum atomic E-state index is -0.722. The van der Waals surface area contributed by atoms with Gasteiger partial charge < -0.3 is 15.3 Å². The summed E-state index contributed by atoms with van der Waals surface area (Å²) >= 11 is 0. The summed E-state index contributed by atoms with van der Waals surface area (Å²) in [5, 5.41) is 12.5. The Kier molecular flexibility index (Phi) is 7.06. The number of hydrogen-bond acceptors (Lipinski definition) is 4. The molecular formula is C21H33N3O2. The van der Waals surface area contributed by atoms with Gasteiger partial charge in [0.25, 0.3) is 0 Å². The number of nitrogens with zero attached hydrogens (tertiary/aromatic N) is 2. The van der Waals surface area contributed by atoms with Crippen molar-refractivity contribution < 1.29 is 9.90 Å². The molecule has 0 aliphatic carbocycles. The lowest BCUT2D eigenvalue weighted by molar-refractivity contribution is -0.139. The van der Waals surface area contributed by atoms with E-state index in [0.717, 1.165) is 32.5 Å². The van der Waals surface area contributed by atoms with Crippen molar-refractivity contribution in [1.82, 2.24) is 15.1 Å². The van der Waals surface area contributed by atoms with Crippen molar-refractivity contribution in [3.63, 3.8) is 0 Å². The number of nitrogens with one attached hydrogen (secondary N) is 1. The highest BCUT2D eigenvalue weighted by molar-refractivity contribution is 5.73. The fourth-order valence-electron chi connectivity index (χ4n) is 4.36. The molecule has 3 rings (SSSR count). The van der Waals surface area contributed by atoms with Crippen LogP contribution in [-0.2, 0) is 11.3 Å². The summed E-state index contributed by atoms with van der Waals surface area (Å²) in [6.45, 7) is 7.54. The maximum Gasteiger partial charge on any atom is 0.320 e. The monoisotopic (exact) mass is 359 g/mol. The van der Waals surface area contributed by atoms with Crippen molar-refractivity contribution in [2.45, 2.75) is 63.7 Å². The first-order valence-corrected chi connectivity index (χ1v) is 10.1. The first-order chi connectivity index (χ1) is 12.7. The van der Waals surface area contributed by atoms with Crippen LogP contribution in [-0.4, -0.2) is 65.2 Å². The lowest BCUT2D eigenvalue weighted by Gasteiger charge is -2.42. The molecule has 1 atom stereocenters. The number of piperidine rings is 2. The van der Waals surface area contributed by atoms with Crippen LogP contribution in [0.1, 0.15) is 44.6 Å². The van der Waals surface area contributed by atoms with Crippen LogP contribution in [0.3, 0.4) is 0 Å². The average Bonchev–Trinajstić information content (AvgIpc) is 2.68. The first kappa shape index (κ1) is 19.3. The van der Waals surface area contributed by atoms with E-state index in [1.165, 1.54) is 31.5 Å². The molecule has 0 spiro atoms. The number of hydrogen-bond donors (Lipinski definition) is 2. The van der Waals surface area contributed by atoms with Crippen LogP contribution >= 0.6 is 0 Å². The van der Waals surface area contributed by atoms with Crippen molar-refractivity contribution in [2.24, 2.45) is 0 Å². The van der Waals surface area contributed by atoms with Crippen LogP contribution < -0.4 is 5.32 Å². The van der Waals surface area contributed by atoms with Gasteiger partial charge in [-0.25, -0.2) is 0 Å². The molecule has 0 aromatic heterocycles. The van der Waals surface area contributed by atoms with E-state index in [1.54, 1.807) is 0 Å². The molecule has 5 heteroatoms. The lowest BCUT2D eigenvalue weighted by Crippen LogP contribution is -2.52. The van der Waals surface area contributed by atoms with Gasteiger partial charge in [-0.05, 0) is 63.8 Å². The molecule has 26 heavy (non-hydrogen) atoms. The van der Waals surface area contributed by atoms with E-state index in [0.29, 0.717) is 18.5 Å². The summed E-state index contributed by atoms with van der Waals surface area (Å²) in [7, 11) is 0. The third kappa shape index (κ3) is 5.29. The summed E-state index contributed by atoms with van der Waals surface area (Å²) in [4.78, 5) is 16.4. The van der Waals surface area contributed by atoms with Crippen molar-refractivity contribution in [3.8, 4) is 0 Å². The molecule has 2 aliphatic heterocycles. The van der Waals surface area contributed by atoms with E-state index < -0.39 is 12.0 Å². The maximum absolute atomic E-state index is 11.2. The van der Waals surface area contributed by atoms with Crippen LogP contribution in [0.5, 0.6) is 0 Å². The minimum Gasteiger partial charge on any atom is -0.480 e. The molecule has 1 aromatic rings. The lowest BCUT2D eigenvalue weighted by atomic mass is 9.97. The van der Waals surface area contributed by atoms with E-state index in [2.05, 4.69) is 45.4 Å². The SMILES string of the molecule is CCC(NC1CCN(C2CCN(Cc3ccccc3)CC2)CC1)C(=O)O. The van der Waals surface area contributed by atoms with Crippen molar-refractivity contribution in [1.29, 1.82) is 0 Å². The smallest absolute Gasteiger partial charge is 0.320 e. The molecule has 0 bridgehead atoms. The van der Waals surface area contributed by atoms with Crippen LogP contribution in [0.2, 0.25) is 0 Å². The number of carbonyl (C=O) groups is 1. The van der Waals surface area contributed by atoms with Gasteiger partial charge in [0.05, 0.1) is 0 Å². The molecular weight excluding hydrogens is 326 g/mol. The molecule has 2 saturated heterocycles. The number of likely N-dealkylation sites (tertiary alicyclic amines) is 2. The zero-order chi connectivity index (χ0) is 18.4. The topological polar surface area (TPSA) is 55.8 Å². The Morgan fingerprint density at radius 2 is 1.77 bits per heavy atom. The normalized spacial score (nSPS) is 22.3. The maximum atomic E-state index is 11.2. The fraction of sp³-hybridized carbons (Fsp3) is 0.667. The highest BCUT2D eigenvalue weighted by Crippen LogP contribution is 2.22. The number of benzene rings is 1. The van der Waals surface area contributed by atoms with E-state index in [-0.39, 0.29) is 0 Å². The Morgan fingerprint density at radius 1 is 1.12 bits per heavy atom. The van der Waals surface area contributed by atoms with E-state index in [9.17, 15) is 9.90 Å². The van der Waals surface area contributed by atoms with Crippen LogP contribution in [0.15, 0.2) is 30.3 Å². The van der Waals surface area contributed by atoms with Crippen molar-refractivity contribution in [3.05, 3.63) is 35.9 Å². The molecule has 2 aliphatic rings. The molecule has 2 N–H and O–H groups in total. The van der Waals surface area contributed by atoms with Crippen molar-refractivity contribution >= 4 is 5.97 Å². The molecule has 1 unspecified atom stereocenters. The fourth-order valence-corrected chi connectivity index (χ4v) is 4.36. The predicted molar refractivity (Wildman–Crippen MR) is 104 cm³/mol. The van der Waals surface area contributed by atoms with Gasteiger partial charge in [0.15, 0.2) is 0 Å². The molecule has 5 nitrogen and oxygen atoms in total. The number of rotatable bonds is 7. The third-order valence-corrected chi connectivity index (χ3v) is 6.00. The molecule has 0 saturated carbocycles. The molecule has 144 valence electrons. The summed E-state index contributed by atoms with van der Waals surface area (Å²) in [5.74, 6) is -0.722. The first-order valence-electron chi connectivity index (χ1n) is 10.1. The number of carboxylic acid groups (broad SMARTS) is 1. The standard InChI is InChI=1S/C21H33N3O2/c1-2-20(21(25)26)22-18-8-14-24(15-9-18)19-10-12-23(13-11-19)16-17-6-4-3-5-7-17/h3-7,18-20,22H,2,8-16H2,1H3,(H,25,26). The Bertz CT molecular complexity index is 550. The second kappa shape index (κ2) is 9.49. The second-order valence-corrected chi connectivity index (χ2v) is 7.77. The van der Waals surface area contributed by atoms with Gasteiger partial charge in [0.2, 0.25) is 0 Å². The van der Waals surface area contributed by atoms with Crippen LogP contribution in [0.25, 0.3) is 0 Å². The summed E-state index contributed by atoms with van der Waals surface area (Å²) < 4.78 is 0. The highest BCUT2D eigenvalue weighted by atomic mass is 16.4. The van der Waals surface area contributed by atoms with Gasteiger partial charge in [-0.15, -0.1) is 0 Å². The largest absolute Gasteiger partial charge is 0.480 e. The van der Waals surface area contributed by atoms with E-state index >= 15 is 0 Å².